The largest absolute Gasteiger partial charge is 0.478 e. The molecule has 1 N–H and O–H groups in total. The van der Waals surface area contributed by atoms with E-state index in [4.69, 9.17) is 16.7 Å². The third-order valence-electron chi connectivity index (χ3n) is 5.62. The standard InChI is InChI=1S/C28H22ClNO4/c1-2-24(31)27-26(20-6-4-3-5-7-20)23-16-21(29)13-14-22(23)28(34)30(27)17-19-10-8-18(9-11-19)12-15-25(32)33/h3-16H,2,17H2,1H3,(H,32,33)/b15-12+. The van der Waals surface area contributed by atoms with Gasteiger partial charge in [-0.05, 0) is 46.4 Å². The van der Waals surface area contributed by atoms with Crippen LogP contribution < -0.4 is 5.56 Å². The number of aromatic nitrogens is 1. The number of halogens is 1. The van der Waals surface area contributed by atoms with Gasteiger partial charge in [0.15, 0.2) is 5.78 Å². The van der Waals surface area contributed by atoms with Gasteiger partial charge in [-0.25, -0.2) is 4.79 Å². The van der Waals surface area contributed by atoms with Crippen molar-refractivity contribution in [1.82, 2.24) is 4.57 Å². The van der Waals surface area contributed by atoms with E-state index in [1.54, 1.807) is 37.3 Å². The normalized spacial score (nSPS) is 11.2. The van der Waals surface area contributed by atoms with Crippen LogP contribution >= 0.6 is 11.6 Å². The Balaban J connectivity index is 1.95. The van der Waals surface area contributed by atoms with Crippen LogP contribution in [0, 0.1) is 0 Å². The Morgan fingerprint density at radius 3 is 2.32 bits per heavy atom. The maximum Gasteiger partial charge on any atom is 0.328 e. The number of benzene rings is 3. The minimum Gasteiger partial charge on any atom is -0.478 e. The number of fused-ring (bicyclic) bond motifs is 1. The lowest BCUT2D eigenvalue weighted by atomic mass is 9.94. The van der Waals surface area contributed by atoms with Crippen molar-refractivity contribution in [3.05, 3.63) is 111 Å². The van der Waals surface area contributed by atoms with Crippen LogP contribution in [-0.4, -0.2) is 21.4 Å². The van der Waals surface area contributed by atoms with E-state index in [0.717, 1.165) is 22.8 Å². The van der Waals surface area contributed by atoms with Crippen molar-refractivity contribution < 1.29 is 14.7 Å². The van der Waals surface area contributed by atoms with Gasteiger partial charge in [0.2, 0.25) is 0 Å². The predicted octanol–water partition coefficient (Wildman–Crippen LogP) is 6.06. The molecule has 1 aromatic heterocycles. The highest BCUT2D eigenvalue weighted by Gasteiger charge is 2.22. The number of hydrogen-bond donors (Lipinski definition) is 1. The van der Waals surface area contributed by atoms with Crippen molar-refractivity contribution >= 4 is 40.2 Å². The summed E-state index contributed by atoms with van der Waals surface area (Å²) in [5, 5.41) is 10.4. The zero-order chi connectivity index (χ0) is 24.2. The summed E-state index contributed by atoms with van der Waals surface area (Å²) in [5.41, 5.74) is 3.13. The molecule has 0 saturated carbocycles. The molecule has 0 atom stereocenters. The molecule has 0 radical (unpaired) electrons. The molecule has 34 heavy (non-hydrogen) atoms. The van der Waals surface area contributed by atoms with Crippen LogP contribution in [0.4, 0.5) is 0 Å². The Morgan fingerprint density at radius 2 is 1.68 bits per heavy atom. The average molecular weight is 472 g/mol. The Morgan fingerprint density at radius 1 is 0.971 bits per heavy atom. The Labute approximate surface area is 201 Å². The number of carbonyl (C=O) groups excluding carboxylic acids is 1. The molecule has 0 fully saturated rings. The maximum atomic E-state index is 13.6. The Hall–Kier alpha value is -3.96. The molecule has 0 spiro atoms. The van der Waals surface area contributed by atoms with Crippen LogP contribution in [0.3, 0.4) is 0 Å². The lowest BCUT2D eigenvalue weighted by molar-refractivity contribution is -0.131. The highest BCUT2D eigenvalue weighted by Crippen LogP contribution is 2.33. The summed E-state index contributed by atoms with van der Waals surface area (Å²) in [7, 11) is 0. The summed E-state index contributed by atoms with van der Waals surface area (Å²) in [5.74, 6) is -1.16. The Bertz CT molecular complexity index is 1470. The highest BCUT2D eigenvalue weighted by atomic mass is 35.5. The van der Waals surface area contributed by atoms with E-state index >= 15 is 0 Å². The fourth-order valence-electron chi connectivity index (χ4n) is 4.01. The van der Waals surface area contributed by atoms with E-state index in [9.17, 15) is 14.4 Å². The second-order valence-electron chi connectivity index (χ2n) is 7.86. The molecule has 0 saturated heterocycles. The first-order valence-corrected chi connectivity index (χ1v) is 11.2. The second-order valence-corrected chi connectivity index (χ2v) is 8.30. The quantitative estimate of drug-likeness (QED) is 0.262. The lowest BCUT2D eigenvalue weighted by Crippen LogP contribution is -2.28. The second kappa shape index (κ2) is 9.89. The summed E-state index contributed by atoms with van der Waals surface area (Å²) in [6.07, 6.45) is 2.81. The molecule has 170 valence electrons. The number of pyridine rings is 1. The fourth-order valence-corrected chi connectivity index (χ4v) is 4.18. The number of rotatable bonds is 7. The van der Waals surface area contributed by atoms with Crippen molar-refractivity contribution in [2.24, 2.45) is 0 Å². The molecule has 4 rings (SSSR count). The molecule has 1 heterocycles. The molecule has 0 unspecified atom stereocenters. The van der Waals surface area contributed by atoms with E-state index in [2.05, 4.69) is 0 Å². The number of nitrogens with zero attached hydrogens (tertiary/aromatic N) is 1. The molecule has 0 amide bonds. The van der Waals surface area contributed by atoms with Crippen LogP contribution in [-0.2, 0) is 11.3 Å². The molecule has 6 heteroatoms. The van der Waals surface area contributed by atoms with E-state index in [1.165, 1.54) is 10.6 Å². The van der Waals surface area contributed by atoms with Crippen molar-refractivity contribution in [2.45, 2.75) is 19.9 Å². The minimum atomic E-state index is -1.02. The molecule has 0 aliphatic heterocycles. The first kappa shape index (κ1) is 23.2. The summed E-state index contributed by atoms with van der Waals surface area (Å²) < 4.78 is 1.53. The van der Waals surface area contributed by atoms with Gasteiger partial charge < -0.3 is 5.11 Å². The number of aliphatic carboxylic acids is 1. The summed E-state index contributed by atoms with van der Waals surface area (Å²) >= 11 is 6.29. The first-order valence-electron chi connectivity index (χ1n) is 10.8. The van der Waals surface area contributed by atoms with Gasteiger partial charge >= 0.3 is 5.97 Å². The number of Topliss-reactive ketones (excluding diaryl/α,β-unsaturated/α-hetero) is 1. The van der Waals surface area contributed by atoms with E-state index in [-0.39, 0.29) is 24.3 Å². The smallest absolute Gasteiger partial charge is 0.328 e. The maximum absolute atomic E-state index is 13.6. The van der Waals surface area contributed by atoms with Crippen LogP contribution in [0.1, 0.15) is 35.0 Å². The van der Waals surface area contributed by atoms with E-state index in [0.29, 0.717) is 27.1 Å². The Kier molecular flexibility index (Phi) is 6.75. The topological polar surface area (TPSA) is 76.4 Å². The molecule has 0 aliphatic carbocycles. The van der Waals surface area contributed by atoms with Gasteiger partial charge in [-0.2, -0.15) is 0 Å². The molecule has 0 aliphatic rings. The molecule has 0 bridgehead atoms. The summed E-state index contributed by atoms with van der Waals surface area (Å²) in [6.45, 7) is 1.97. The molecular weight excluding hydrogens is 450 g/mol. The number of ketones is 1. The summed E-state index contributed by atoms with van der Waals surface area (Å²) in [6, 6.07) is 21.8. The van der Waals surface area contributed by atoms with Gasteiger partial charge in [0, 0.05) is 28.5 Å². The average Bonchev–Trinajstić information content (AvgIpc) is 2.85. The third-order valence-corrected chi connectivity index (χ3v) is 5.85. The van der Waals surface area contributed by atoms with Gasteiger partial charge in [0.1, 0.15) is 0 Å². The lowest BCUT2D eigenvalue weighted by Gasteiger charge is -2.19. The van der Waals surface area contributed by atoms with Crippen LogP contribution in [0.25, 0.3) is 28.0 Å². The number of carboxylic acid groups (broad SMARTS) is 1. The van der Waals surface area contributed by atoms with Crippen molar-refractivity contribution in [3.8, 4) is 11.1 Å². The zero-order valence-electron chi connectivity index (χ0n) is 18.5. The zero-order valence-corrected chi connectivity index (χ0v) is 19.3. The molecular formula is C28H22ClNO4. The van der Waals surface area contributed by atoms with Crippen molar-refractivity contribution in [1.29, 1.82) is 0 Å². The van der Waals surface area contributed by atoms with Crippen molar-refractivity contribution in [3.63, 3.8) is 0 Å². The van der Waals surface area contributed by atoms with Gasteiger partial charge in [-0.1, -0.05) is 73.1 Å². The van der Waals surface area contributed by atoms with Gasteiger partial charge in [0.05, 0.1) is 12.2 Å². The van der Waals surface area contributed by atoms with Crippen LogP contribution in [0.2, 0.25) is 5.02 Å². The predicted molar refractivity (Wildman–Crippen MR) is 135 cm³/mol. The van der Waals surface area contributed by atoms with Gasteiger partial charge in [0.25, 0.3) is 5.56 Å². The first-order chi connectivity index (χ1) is 16.4. The monoisotopic (exact) mass is 471 g/mol. The number of carboxylic acids is 1. The third kappa shape index (κ3) is 4.70. The minimum absolute atomic E-state index is 0.140. The molecule has 4 aromatic rings. The van der Waals surface area contributed by atoms with Gasteiger partial charge in [-0.15, -0.1) is 0 Å². The fraction of sp³-hybridized carbons (Fsp3) is 0.107. The number of carbonyl (C=O) groups is 2. The highest BCUT2D eigenvalue weighted by molar-refractivity contribution is 6.31. The van der Waals surface area contributed by atoms with E-state index in [1.807, 2.05) is 42.5 Å². The van der Waals surface area contributed by atoms with Crippen LogP contribution in [0.15, 0.2) is 83.7 Å². The van der Waals surface area contributed by atoms with Gasteiger partial charge in [-0.3, -0.25) is 14.2 Å². The SMILES string of the molecule is CCC(=O)c1c(-c2ccccc2)c2cc(Cl)ccc2c(=O)n1Cc1ccc(/C=C/C(=O)O)cc1. The molecule has 5 nitrogen and oxygen atoms in total. The molecule has 3 aromatic carbocycles. The summed E-state index contributed by atoms with van der Waals surface area (Å²) in [4.78, 5) is 37.6. The van der Waals surface area contributed by atoms with Crippen LogP contribution in [0.5, 0.6) is 0 Å². The van der Waals surface area contributed by atoms with Crippen molar-refractivity contribution in [2.75, 3.05) is 0 Å². The van der Waals surface area contributed by atoms with E-state index < -0.39 is 5.97 Å². The number of hydrogen-bond acceptors (Lipinski definition) is 3.